The average Bonchev–Trinajstić information content (AvgIpc) is 2.26. The molecule has 1 rings (SSSR count). The summed E-state index contributed by atoms with van der Waals surface area (Å²) in [5.41, 5.74) is 10.7. The predicted octanol–water partition coefficient (Wildman–Crippen LogP) is 1.00. The topological polar surface area (TPSA) is 100 Å². The Balaban J connectivity index is 2.26. The van der Waals surface area contributed by atoms with Gasteiger partial charge in [-0.05, 0) is 24.7 Å². The molecule has 0 bridgehead atoms. The van der Waals surface area contributed by atoms with E-state index < -0.39 is 0 Å². The van der Waals surface area contributed by atoms with Crippen molar-refractivity contribution in [1.82, 2.24) is 5.32 Å². The Morgan fingerprint density at radius 2 is 1.81 bits per heavy atom. The first-order chi connectivity index (χ1) is 7.61. The molecule has 6 N–H and O–H groups in total. The van der Waals surface area contributed by atoms with E-state index in [1.165, 1.54) is 32.1 Å². The Morgan fingerprint density at radius 3 is 2.31 bits per heavy atom. The molecule has 1 aliphatic carbocycles. The fourth-order valence-corrected chi connectivity index (χ4v) is 2.23. The largest absolute Gasteiger partial charge is 0.370 e. The molecule has 5 nitrogen and oxygen atoms in total. The SMILES string of the molecule is CCC1CCC(CN=C(N)NC(=N)N)CC1. The molecule has 0 amide bonds. The smallest absolute Gasteiger partial charge is 0.195 e. The van der Waals surface area contributed by atoms with E-state index in [0.29, 0.717) is 5.92 Å². The summed E-state index contributed by atoms with van der Waals surface area (Å²) in [6.07, 6.45) is 6.42. The Morgan fingerprint density at radius 1 is 1.25 bits per heavy atom. The Hall–Kier alpha value is -1.26. The van der Waals surface area contributed by atoms with E-state index in [9.17, 15) is 0 Å². The molecule has 0 aromatic heterocycles. The Kier molecular flexibility index (Phi) is 5.08. The Bertz CT molecular complexity index is 253. The molecule has 0 radical (unpaired) electrons. The lowest BCUT2D eigenvalue weighted by Crippen LogP contribution is -2.41. The molecule has 16 heavy (non-hydrogen) atoms. The minimum Gasteiger partial charge on any atom is -0.370 e. The molecule has 1 fully saturated rings. The van der Waals surface area contributed by atoms with Gasteiger partial charge in [-0.2, -0.15) is 0 Å². The molecule has 0 heterocycles. The van der Waals surface area contributed by atoms with Gasteiger partial charge < -0.3 is 11.5 Å². The molecule has 0 aromatic carbocycles. The zero-order valence-electron chi connectivity index (χ0n) is 10.00. The summed E-state index contributed by atoms with van der Waals surface area (Å²) in [7, 11) is 0. The van der Waals surface area contributed by atoms with Crippen molar-refractivity contribution in [2.75, 3.05) is 6.54 Å². The van der Waals surface area contributed by atoms with Gasteiger partial charge in [0.2, 0.25) is 0 Å². The van der Waals surface area contributed by atoms with Crippen molar-refractivity contribution in [3.63, 3.8) is 0 Å². The summed E-state index contributed by atoms with van der Waals surface area (Å²) < 4.78 is 0. The van der Waals surface area contributed by atoms with Gasteiger partial charge in [-0.15, -0.1) is 0 Å². The van der Waals surface area contributed by atoms with Gasteiger partial charge in [-0.1, -0.05) is 26.2 Å². The summed E-state index contributed by atoms with van der Waals surface area (Å²) in [6.45, 7) is 3.01. The van der Waals surface area contributed by atoms with Crippen LogP contribution < -0.4 is 16.8 Å². The maximum atomic E-state index is 7.00. The van der Waals surface area contributed by atoms with Crippen LogP contribution in [0.4, 0.5) is 0 Å². The second-order valence-corrected chi connectivity index (χ2v) is 4.56. The van der Waals surface area contributed by atoms with Crippen molar-refractivity contribution in [3.05, 3.63) is 0 Å². The van der Waals surface area contributed by atoms with Crippen LogP contribution in [0, 0.1) is 17.2 Å². The second-order valence-electron chi connectivity index (χ2n) is 4.56. The monoisotopic (exact) mass is 225 g/mol. The molecule has 0 spiro atoms. The molecule has 1 saturated carbocycles. The number of hydrogen-bond acceptors (Lipinski definition) is 2. The minimum absolute atomic E-state index is 0.157. The van der Waals surface area contributed by atoms with Crippen LogP contribution in [0.3, 0.4) is 0 Å². The van der Waals surface area contributed by atoms with E-state index in [1.807, 2.05) is 0 Å². The van der Waals surface area contributed by atoms with Crippen molar-refractivity contribution in [2.24, 2.45) is 28.3 Å². The molecular weight excluding hydrogens is 202 g/mol. The minimum atomic E-state index is -0.157. The third kappa shape index (κ3) is 4.51. The van der Waals surface area contributed by atoms with Crippen LogP contribution in [-0.4, -0.2) is 18.5 Å². The van der Waals surface area contributed by atoms with E-state index >= 15 is 0 Å². The summed E-state index contributed by atoms with van der Waals surface area (Å²) in [4.78, 5) is 4.20. The Labute approximate surface area is 97.2 Å². The number of nitrogens with one attached hydrogen (secondary N) is 2. The molecular formula is C11H23N5. The lowest BCUT2D eigenvalue weighted by molar-refractivity contribution is 0.274. The van der Waals surface area contributed by atoms with E-state index in [1.54, 1.807) is 0 Å². The zero-order chi connectivity index (χ0) is 12.0. The maximum Gasteiger partial charge on any atom is 0.195 e. The predicted molar refractivity (Wildman–Crippen MR) is 67.3 cm³/mol. The number of guanidine groups is 2. The summed E-state index contributed by atoms with van der Waals surface area (Å²) in [5, 5.41) is 9.50. The summed E-state index contributed by atoms with van der Waals surface area (Å²) >= 11 is 0. The van der Waals surface area contributed by atoms with Crippen LogP contribution in [0.2, 0.25) is 0 Å². The first-order valence-electron chi connectivity index (χ1n) is 6.02. The summed E-state index contributed by atoms with van der Waals surface area (Å²) in [6, 6.07) is 0. The molecule has 1 aliphatic rings. The zero-order valence-corrected chi connectivity index (χ0v) is 10.00. The molecule has 0 atom stereocenters. The lowest BCUT2D eigenvalue weighted by Gasteiger charge is -2.26. The van der Waals surface area contributed by atoms with Crippen LogP contribution >= 0.6 is 0 Å². The third-order valence-electron chi connectivity index (χ3n) is 3.33. The highest BCUT2D eigenvalue weighted by molar-refractivity contribution is 5.95. The fraction of sp³-hybridized carbons (Fsp3) is 0.818. The second kappa shape index (κ2) is 6.35. The highest BCUT2D eigenvalue weighted by atomic mass is 15.2. The van der Waals surface area contributed by atoms with E-state index in [4.69, 9.17) is 16.9 Å². The van der Waals surface area contributed by atoms with Gasteiger partial charge in [-0.25, -0.2) is 0 Å². The molecule has 0 saturated heterocycles. The first kappa shape index (κ1) is 12.8. The van der Waals surface area contributed by atoms with Gasteiger partial charge in [0.1, 0.15) is 0 Å². The molecule has 5 heteroatoms. The molecule has 0 unspecified atom stereocenters. The van der Waals surface area contributed by atoms with Crippen LogP contribution in [-0.2, 0) is 0 Å². The number of hydrogen-bond donors (Lipinski definition) is 4. The van der Waals surface area contributed by atoms with Gasteiger partial charge >= 0.3 is 0 Å². The standard InChI is InChI=1S/C11H23N5/c1-2-8-3-5-9(6-4-8)7-15-11(14)16-10(12)13/h8-9H,2-7H2,1H3,(H6,12,13,14,15,16). The number of nitrogens with zero attached hydrogens (tertiary/aromatic N) is 1. The van der Waals surface area contributed by atoms with Crippen molar-refractivity contribution < 1.29 is 0 Å². The third-order valence-corrected chi connectivity index (χ3v) is 3.33. The van der Waals surface area contributed by atoms with Gasteiger partial charge in [0, 0.05) is 6.54 Å². The van der Waals surface area contributed by atoms with Gasteiger partial charge in [-0.3, -0.25) is 15.7 Å². The van der Waals surface area contributed by atoms with Crippen LogP contribution in [0.1, 0.15) is 39.0 Å². The van der Waals surface area contributed by atoms with Crippen molar-refractivity contribution >= 4 is 11.9 Å². The molecule has 0 aliphatic heterocycles. The first-order valence-corrected chi connectivity index (χ1v) is 6.02. The quantitative estimate of drug-likeness (QED) is 0.426. The van der Waals surface area contributed by atoms with Crippen molar-refractivity contribution in [2.45, 2.75) is 39.0 Å². The lowest BCUT2D eigenvalue weighted by atomic mass is 9.81. The molecule has 92 valence electrons. The van der Waals surface area contributed by atoms with E-state index in [-0.39, 0.29) is 11.9 Å². The average molecular weight is 225 g/mol. The number of nitrogens with two attached hydrogens (primary N) is 2. The highest BCUT2D eigenvalue weighted by Crippen LogP contribution is 2.30. The molecule has 0 aromatic rings. The number of rotatable bonds is 3. The number of aliphatic imine (C=N–C) groups is 1. The normalized spacial score (nSPS) is 26.4. The van der Waals surface area contributed by atoms with Gasteiger partial charge in [0.15, 0.2) is 11.9 Å². The van der Waals surface area contributed by atoms with Crippen LogP contribution in [0.15, 0.2) is 4.99 Å². The van der Waals surface area contributed by atoms with E-state index in [2.05, 4.69) is 17.2 Å². The maximum absolute atomic E-state index is 7.00. The summed E-state index contributed by atoms with van der Waals surface area (Å²) in [5.74, 6) is 1.66. The van der Waals surface area contributed by atoms with E-state index in [0.717, 1.165) is 12.5 Å². The van der Waals surface area contributed by atoms with Gasteiger partial charge in [0.25, 0.3) is 0 Å². The van der Waals surface area contributed by atoms with Crippen molar-refractivity contribution in [3.8, 4) is 0 Å². The van der Waals surface area contributed by atoms with Gasteiger partial charge in [0.05, 0.1) is 0 Å². The van der Waals surface area contributed by atoms with Crippen LogP contribution in [0.5, 0.6) is 0 Å². The highest BCUT2D eigenvalue weighted by Gasteiger charge is 2.19. The van der Waals surface area contributed by atoms with Crippen LogP contribution in [0.25, 0.3) is 0 Å². The van der Waals surface area contributed by atoms with Crippen molar-refractivity contribution in [1.29, 1.82) is 5.41 Å². The fourth-order valence-electron chi connectivity index (χ4n) is 2.23.